The van der Waals surface area contributed by atoms with Crippen molar-refractivity contribution in [2.75, 3.05) is 13.1 Å². The maximum atomic E-state index is 12.5. The molecule has 0 saturated carbocycles. The van der Waals surface area contributed by atoms with Gasteiger partial charge < -0.3 is 16.4 Å². The van der Waals surface area contributed by atoms with Crippen molar-refractivity contribution < 1.29 is 9.59 Å². The molecule has 0 rings (SSSR count). The molecule has 0 aromatic carbocycles. The first-order valence-corrected chi connectivity index (χ1v) is 11.7. The van der Waals surface area contributed by atoms with Gasteiger partial charge in [0.25, 0.3) is 0 Å². The van der Waals surface area contributed by atoms with Crippen molar-refractivity contribution >= 4 is 11.8 Å². The number of primary amides is 1. The number of amides is 2. The average molecular weight is 398 g/mol. The highest BCUT2D eigenvalue weighted by atomic mass is 16.2. The second-order valence-corrected chi connectivity index (χ2v) is 8.46. The first-order chi connectivity index (χ1) is 13.5. The van der Waals surface area contributed by atoms with Gasteiger partial charge in [-0.3, -0.25) is 9.59 Å². The highest BCUT2D eigenvalue weighted by molar-refractivity contribution is 5.86. The van der Waals surface area contributed by atoms with E-state index in [9.17, 15) is 9.59 Å². The van der Waals surface area contributed by atoms with Crippen LogP contribution in [0.3, 0.4) is 0 Å². The summed E-state index contributed by atoms with van der Waals surface area (Å²) in [5.74, 6) is -0.377. The Kier molecular flexibility index (Phi) is 17.3. The summed E-state index contributed by atoms with van der Waals surface area (Å²) >= 11 is 0. The van der Waals surface area contributed by atoms with E-state index < -0.39 is 11.9 Å². The largest absolute Gasteiger partial charge is 0.368 e. The SMILES string of the molecule is CCCCCCCCCCCCCCN(C(=O)CCCN)[C@H](C(N)=O)C(C)C. The molecule has 0 aromatic heterocycles. The maximum absolute atomic E-state index is 12.5. The van der Waals surface area contributed by atoms with Crippen LogP contribution in [0.4, 0.5) is 0 Å². The summed E-state index contributed by atoms with van der Waals surface area (Å²) in [5, 5.41) is 0. The minimum atomic E-state index is -0.516. The summed E-state index contributed by atoms with van der Waals surface area (Å²) in [6, 6.07) is -0.516. The molecule has 0 aromatic rings. The molecule has 28 heavy (non-hydrogen) atoms. The molecule has 0 fully saturated rings. The molecule has 0 aliphatic heterocycles. The van der Waals surface area contributed by atoms with E-state index in [2.05, 4.69) is 6.92 Å². The lowest BCUT2D eigenvalue weighted by Crippen LogP contribution is -2.51. The van der Waals surface area contributed by atoms with Gasteiger partial charge in [-0.25, -0.2) is 0 Å². The predicted octanol–water partition coefficient (Wildman–Crippen LogP) is 4.76. The molecule has 0 radical (unpaired) electrons. The molecule has 1 atom stereocenters. The molecule has 5 nitrogen and oxygen atoms in total. The fraction of sp³-hybridized carbons (Fsp3) is 0.913. The van der Waals surface area contributed by atoms with Gasteiger partial charge in [-0.05, 0) is 25.3 Å². The fourth-order valence-electron chi connectivity index (χ4n) is 3.78. The number of hydrogen-bond acceptors (Lipinski definition) is 3. The molecule has 0 bridgehead atoms. The van der Waals surface area contributed by atoms with Crippen LogP contribution >= 0.6 is 0 Å². The lowest BCUT2D eigenvalue weighted by atomic mass is 10.00. The van der Waals surface area contributed by atoms with Gasteiger partial charge in [0.1, 0.15) is 6.04 Å². The summed E-state index contributed by atoms with van der Waals surface area (Å²) in [6.45, 7) is 7.25. The summed E-state index contributed by atoms with van der Waals surface area (Å²) in [6.07, 6.45) is 16.4. The summed E-state index contributed by atoms with van der Waals surface area (Å²) < 4.78 is 0. The monoisotopic (exact) mass is 397 g/mol. The molecule has 0 aliphatic carbocycles. The van der Waals surface area contributed by atoms with Gasteiger partial charge >= 0.3 is 0 Å². The van der Waals surface area contributed by atoms with Gasteiger partial charge in [0.2, 0.25) is 11.8 Å². The summed E-state index contributed by atoms with van der Waals surface area (Å²) in [4.78, 5) is 26.1. The number of carbonyl (C=O) groups excluding carboxylic acids is 2. The zero-order valence-corrected chi connectivity index (χ0v) is 18.9. The van der Waals surface area contributed by atoms with Crippen LogP contribution in [0, 0.1) is 5.92 Å². The van der Waals surface area contributed by atoms with E-state index in [4.69, 9.17) is 11.5 Å². The Morgan fingerprint density at radius 1 is 0.786 bits per heavy atom. The Hall–Kier alpha value is -1.10. The Labute approximate surface area is 174 Å². The third-order valence-electron chi connectivity index (χ3n) is 5.43. The number of hydrogen-bond donors (Lipinski definition) is 2. The Morgan fingerprint density at radius 2 is 1.25 bits per heavy atom. The zero-order chi connectivity index (χ0) is 21.2. The fourth-order valence-corrected chi connectivity index (χ4v) is 3.78. The van der Waals surface area contributed by atoms with E-state index in [-0.39, 0.29) is 11.8 Å². The topological polar surface area (TPSA) is 89.4 Å². The smallest absolute Gasteiger partial charge is 0.240 e. The minimum Gasteiger partial charge on any atom is -0.368 e. The van der Waals surface area contributed by atoms with E-state index >= 15 is 0 Å². The Balaban J connectivity index is 4.08. The van der Waals surface area contributed by atoms with Crippen LogP contribution in [-0.2, 0) is 9.59 Å². The van der Waals surface area contributed by atoms with Gasteiger partial charge in [-0.15, -0.1) is 0 Å². The molecular weight excluding hydrogens is 350 g/mol. The van der Waals surface area contributed by atoms with Crippen LogP contribution in [0.1, 0.15) is 111 Å². The van der Waals surface area contributed by atoms with E-state index in [1.807, 2.05) is 13.8 Å². The second-order valence-electron chi connectivity index (χ2n) is 8.46. The number of rotatable bonds is 19. The van der Waals surface area contributed by atoms with Gasteiger partial charge in [0, 0.05) is 13.0 Å². The van der Waals surface area contributed by atoms with E-state index in [1.165, 1.54) is 64.2 Å². The number of nitrogens with two attached hydrogens (primary N) is 2. The third kappa shape index (κ3) is 13.1. The van der Waals surface area contributed by atoms with Crippen LogP contribution < -0.4 is 11.5 Å². The zero-order valence-electron chi connectivity index (χ0n) is 18.9. The highest BCUT2D eigenvalue weighted by Gasteiger charge is 2.29. The molecular formula is C23H47N3O2. The molecule has 0 aliphatic rings. The minimum absolute atomic E-state index is 0.00558. The molecule has 5 heteroatoms. The van der Waals surface area contributed by atoms with Gasteiger partial charge in [-0.2, -0.15) is 0 Å². The molecule has 4 N–H and O–H groups in total. The number of carbonyl (C=O) groups is 2. The Morgan fingerprint density at radius 3 is 1.64 bits per heavy atom. The van der Waals surface area contributed by atoms with Crippen LogP contribution in [-0.4, -0.2) is 35.8 Å². The van der Waals surface area contributed by atoms with E-state index in [0.29, 0.717) is 25.9 Å². The van der Waals surface area contributed by atoms with E-state index in [1.54, 1.807) is 4.90 Å². The number of unbranched alkanes of at least 4 members (excludes halogenated alkanes) is 11. The van der Waals surface area contributed by atoms with Crippen molar-refractivity contribution in [2.24, 2.45) is 17.4 Å². The quantitative estimate of drug-likeness (QED) is 0.308. The van der Waals surface area contributed by atoms with Gasteiger partial charge in [-0.1, -0.05) is 91.4 Å². The Bertz CT molecular complexity index is 399. The van der Waals surface area contributed by atoms with Crippen molar-refractivity contribution in [3.8, 4) is 0 Å². The first kappa shape index (κ1) is 26.9. The predicted molar refractivity (Wildman–Crippen MR) is 119 cm³/mol. The standard InChI is InChI=1S/C23H47N3O2/c1-4-5-6-7-8-9-10-11-12-13-14-15-19-26(21(27)17-16-18-24)22(20(2)3)23(25)28/h20,22H,4-19,24H2,1-3H3,(H2,25,28)/t22-/m0/s1. The lowest BCUT2D eigenvalue weighted by molar-refractivity contribution is -0.141. The van der Waals surface area contributed by atoms with Crippen molar-refractivity contribution in [3.05, 3.63) is 0 Å². The molecule has 166 valence electrons. The van der Waals surface area contributed by atoms with Crippen molar-refractivity contribution in [1.82, 2.24) is 4.90 Å². The van der Waals surface area contributed by atoms with Crippen LogP contribution in [0.5, 0.6) is 0 Å². The first-order valence-electron chi connectivity index (χ1n) is 11.7. The maximum Gasteiger partial charge on any atom is 0.240 e. The van der Waals surface area contributed by atoms with Crippen molar-refractivity contribution in [1.29, 1.82) is 0 Å². The van der Waals surface area contributed by atoms with Crippen molar-refractivity contribution in [2.45, 2.75) is 117 Å². The van der Waals surface area contributed by atoms with Crippen LogP contribution in [0.15, 0.2) is 0 Å². The molecule has 0 heterocycles. The summed E-state index contributed by atoms with van der Waals surface area (Å²) in [5.41, 5.74) is 11.1. The molecule has 0 unspecified atom stereocenters. The van der Waals surface area contributed by atoms with E-state index in [0.717, 1.165) is 12.8 Å². The van der Waals surface area contributed by atoms with Crippen LogP contribution in [0.2, 0.25) is 0 Å². The highest BCUT2D eigenvalue weighted by Crippen LogP contribution is 2.16. The number of nitrogens with zero attached hydrogens (tertiary/aromatic N) is 1. The third-order valence-corrected chi connectivity index (χ3v) is 5.43. The van der Waals surface area contributed by atoms with Crippen LogP contribution in [0.25, 0.3) is 0 Å². The normalized spacial score (nSPS) is 12.3. The summed E-state index contributed by atoms with van der Waals surface area (Å²) in [7, 11) is 0. The van der Waals surface area contributed by atoms with Gasteiger partial charge in [0.15, 0.2) is 0 Å². The molecule has 0 saturated heterocycles. The molecule has 0 spiro atoms. The van der Waals surface area contributed by atoms with Crippen molar-refractivity contribution in [3.63, 3.8) is 0 Å². The second kappa shape index (κ2) is 18.0. The average Bonchev–Trinajstić information content (AvgIpc) is 2.65. The van der Waals surface area contributed by atoms with Gasteiger partial charge in [0.05, 0.1) is 0 Å². The lowest BCUT2D eigenvalue weighted by Gasteiger charge is -2.32. The molecule has 2 amide bonds.